The molecule has 0 radical (unpaired) electrons. The molecule has 0 aliphatic carbocycles. The smallest absolute Gasteiger partial charge is 0.422 e. The number of amides is 1. The van der Waals surface area contributed by atoms with Crippen molar-refractivity contribution in [1.82, 2.24) is 13.7 Å². The molecule has 3 aromatic heterocycles. The van der Waals surface area contributed by atoms with E-state index >= 15 is 0 Å². The number of hydrogen-bond donors (Lipinski definition) is 1. The second-order valence-corrected chi connectivity index (χ2v) is 10.5. The molecule has 0 aliphatic rings. The summed E-state index contributed by atoms with van der Waals surface area (Å²) in [5.41, 5.74) is 1.51. The lowest BCUT2D eigenvalue weighted by molar-refractivity contribution is -0.148. The Morgan fingerprint density at radius 1 is 1.10 bits per heavy atom. The van der Waals surface area contributed by atoms with Crippen LogP contribution < -0.4 is 21.8 Å². The number of aryl methyl sites for hydroxylation is 1. The molecule has 0 unspecified atom stereocenters. The lowest BCUT2D eigenvalue weighted by atomic mass is 10.1. The molecule has 0 saturated carbocycles. The third kappa shape index (κ3) is 6.08. The molecule has 0 saturated heterocycles. The average Bonchev–Trinajstić information content (AvgIpc) is 3.48. The normalized spacial score (nSPS) is 12.8. The van der Waals surface area contributed by atoms with Gasteiger partial charge in [0.1, 0.15) is 28.1 Å². The molecule has 4 aromatic rings. The minimum atomic E-state index is -5.35. The molecule has 4 rings (SSSR count). The summed E-state index contributed by atoms with van der Waals surface area (Å²) in [5, 5.41) is 2.82. The second-order valence-electron chi connectivity index (χ2n) is 8.82. The number of rotatable bonds is 6. The van der Waals surface area contributed by atoms with Crippen molar-refractivity contribution in [2.45, 2.75) is 32.3 Å². The fourth-order valence-electron chi connectivity index (χ4n) is 3.89. The van der Waals surface area contributed by atoms with E-state index in [1.165, 1.54) is 31.0 Å². The zero-order chi connectivity index (χ0) is 30.4. The summed E-state index contributed by atoms with van der Waals surface area (Å²) < 4.78 is 77.1. The van der Waals surface area contributed by atoms with Gasteiger partial charge >= 0.3 is 17.8 Å². The standard InChI is InChI=1S/C24H20F5N5O5S2.ClH/c1-10(30)21(37)39-9-34-14(12-4-5-13(25)17(18(12)26)24(27,28)29)8-41-22(34)31-15(35)6-11-7-40-20-16(11)19(36)32(2)23(38)33(20)3;/h4-5,7-8,10H,6,9,30H2,1-3H3;1H/t10-;/m0./s1. The summed E-state index contributed by atoms with van der Waals surface area (Å²) in [5.74, 6) is -5.45. The molecule has 0 spiro atoms. The maximum absolute atomic E-state index is 15.0. The van der Waals surface area contributed by atoms with Gasteiger partial charge in [0.2, 0.25) is 0 Å². The summed E-state index contributed by atoms with van der Waals surface area (Å²) in [6.45, 7) is 0.602. The topological polar surface area (TPSA) is 131 Å². The first kappa shape index (κ1) is 32.8. The molecule has 226 valence electrons. The number of thiazole rings is 1. The number of fused-ring (bicyclic) bond motifs is 1. The lowest BCUT2D eigenvalue weighted by Crippen LogP contribution is -2.36. The SMILES string of the molecule is C[C@H](N)C(=O)OCn1c(-c2ccc(F)c(C(F)(F)F)c2F)csc1=NC(=O)Cc1csc2c1c(=O)n(C)c(=O)n2C.Cl. The number of halogens is 6. The number of carbonyl (C=O) groups excluding carboxylic acids is 2. The van der Waals surface area contributed by atoms with E-state index in [4.69, 9.17) is 10.5 Å². The first-order valence-corrected chi connectivity index (χ1v) is 13.3. The number of alkyl halides is 3. The van der Waals surface area contributed by atoms with E-state index in [9.17, 15) is 41.1 Å². The van der Waals surface area contributed by atoms with E-state index < -0.39 is 71.3 Å². The van der Waals surface area contributed by atoms with Gasteiger partial charge in [-0.2, -0.15) is 18.2 Å². The summed E-state index contributed by atoms with van der Waals surface area (Å²) in [4.78, 5) is 53.9. The first-order valence-electron chi connectivity index (χ1n) is 11.5. The van der Waals surface area contributed by atoms with E-state index in [1.54, 1.807) is 0 Å². The van der Waals surface area contributed by atoms with Crippen LogP contribution in [-0.2, 0) is 47.7 Å². The van der Waals surface area contributed by atoms with Crippen molar-refractivity contribution in [3.63, 3.8) is 0 Å². The highest BCUT2D eigenvalue weighted by Gasteiger charge is 2.39. The van der Waals surface area contributed by atoms with E-state index in [1.807, 2.05) is 0 Å². The third-order valence-electron chi connectivity index (χ3n) is 5.96. The van der Waals surface area contributed by atoms with Crippen molar-refractivity contribution in [1.29, 1.82) is 0 Å². The highest BCUT2D eigenvalue weighted by Crippen LogP contribution is 2.37. The molecule has 0 fully saturated rings. The summed E-state index contributed by atoms with van der Waals surface area (Å²) in [6.07, 6.45) is -5.75. The van der Waals surface area contributed by atoms with Gasteiger partial charge in [0.25, 0.3) is 11.5 Å². The van der Waals surface area contributed by atoms with E-state index in [0.29, 0.717) is 22.2 Å². The van der Waals surface area contributed by atoms with Crippen LogP contribution >= 0.6 is 35.1 Å². The van der Waals surface area contributed by atoms with Crippen molar-refractivity contribution in [3.05, 3.63) is 71.3 Å². The van der Waals surface area contributed by atoms with Gasteiger partial charge in [-0.1, -0.05) is 0 Å². The van der Waals surface area contributed by atoms with Crippen molar-refractivity contribution in [3.8, 4) is 11.3 Å². The molecule has 1 amide bonds. The number of nitrogens with zero attached hydrogens (tertiary/aromatic N) is 4. The third-order valence-corrected chi connectivity index (χ3v) is 7.93. The van der Waals surface area contributed by atoms with Gasteiger partial charge in [0.05, 0.1) is 17.5 Å². The van der Waals surface area contributed by atoms with Gasteiger partial charge in [0, 0.05) is 25.0 Å². The van der Waals surface area contributed by atoms with Crippen molar-refractivity contribution >= 4 is 57.2 Å². The minimum Gasteiger partial charge on any atom is -0.443 e. The Morgan fingerprint density at radius 3 is 2.38 bits per heavy atom. The fraction of sp³-hybridized carbons (Fsp3) is 0.292. The van der Waals surface area contributed by atoms with Crippen molar-refractivity contribution < 1.29 is 36.3 Å². The Balaban J connectivity index is 0.00000484. The molecule has 10 nitrogen and oxygen atoms in total. The first-order chi connectivity index (χ1) is 19.1. The van der Waals surface area contributed by atoms with Crippen LogP contribution in [0.25, 0.3) is 21.5 Å². The highest BCUT2D eigenvalue weighted by atomic mass is 35.5. The Kier molecular flexibility index (Phi) is 9.61. The van der Waals surface area contributed by atoms with Gasteiger partial charge < -0.3 is 10.5 Å². The molecule has 0 bridgehead atoms. The van der Waals surface area contributed by atoms with Gasteiger partial charge in [-0.05, 0) is 30.0 Å². The van der Waals surface area contributed by atoms with Crippen LogP contribution in [0.2, 0.25) is 0 Å². The molecule has 1 atom stereocenters. The van der Waals surface area contributed by atoms with Crippen LogP contribution in [0.15, 0.2) is 37.5 Å². The number of ether oxygens (including phenoxy) is 1. The minimum absolute atomic E-state index is 0. The number of carbonyl (C=O) groups is 2. The van der Waals surface area contributed by atoms with Crippen LogP contribution in [-0.4, -0.2) is 31.6 Å². The number of thiophene rings is 1. The number of aromatic nitrogens is 3. The maximum Gasteiger partial charge on any atom is 0.422 e. The number of nitrogens with two attached hydrogens (primary N) is 1. The van der Waals surface area contributed by atoms with Crippen LogP contribution in [0.1, 0.15) is 18.1 Å². The predicted octanol–water partition coefficient (Wildman–Crippen LogP) is 3.07. The fourth-order valence-corrected chi connectivity index (χ4v) is 5.82. The van der Waals surface area contributed by atoms with Crippen LogP contribution in [0, 0.1) is 11.6 Å². The molecule has 0 aliphatic heterocycles. The zero-order valence-corrected chi connectivity index (χ0v) is 24.3. The summed E-state index contributed by atoms with van der Waals surface area (Å²) in [6, 6.07) is 0.133. The predicted molar refractivity (Wildman–Crippen MR) is 146 cm³/mol. The number of esters is 1. The van der Waals surface area contributed by atoms with Crippen LogP contribution in [0.5, 0.6) is 0 Å². The number of benzene rings is 1. The quantitative estimate of drug-likeness (QED) is 0.252. The van der Waals surface area contributed by atoms with Gasteiger partial charge in [-0.3, -0.25) is 28.1 Å². The Morgan fingerprint density at radius 2 is 1.76 bits per heavy atom. The second kappa shape index (κ2) is 12.3. The largest absolute Gasteiger partial charge is 0.443 e. The summed E-state index contributed by atoms with van der Waals surface area (Å²) in [7, 11) is 2.76. The zero-order valence-electron chi connectivity index (χ0n) is 21.8. The van der Waals surface area contributed by atoms with Crippen LogP contribution in [0.4, 0.5) is 22.0 Å². The molecular formula is C24H21ClF5N5O5S2. The van der Waals surface area contributed by atoms with Gasteiger partial charge in [-0.15, -0.1) is 35.1 Å². The molecule has 2 N–H and O–H groups in total. The molecule has 1 aromatic carbocycles. The lowest BCUT2D eigenvalue weighted by Gasteiger charge is -2.15. The molecule has 3 heterocycles. The Labute approximate surface area is 246 Å². The molecule has 42 heavy (non-hydrogen) atoms. The Hall–Kier alpha value is -3.67. The monoisotopic (exact) mass is 653 g/mol. The van der Waals surface area contributed by atoms with E-state index in [-0.39, 0.29) is 33.9 Å². The summed E-state index contributed by atoms with van der Waals surface area (Å²) >= 11 is 1.78. The highest BCUT2D eigenvalue weighted by molar-refractivity contribution is 7.17. The average molecular weight is 654 g/mol. The van der Waals surface area contributed by atoms with Crippen molar-refractivity contribution in [2.24, 2.45) is 24.8 Å². The van der Waals surface area contributed by atoms with Gasteiger partial charge in [-0.25, -0.2) is 13.6 Å². The van der Waals surface area contributed by atoms with Crippen LogP contribution in [0.3, 0.4) is 0 Å². The molecular weight excluding hydrogens is 633 g/mol. The van der Waals surface area contributed by atoms with E-state index in [2.05, 4.69) is 4.99 Å². The Bertz CT molecular complexity index is 1890. The number of hydrogen-bond acceptors (Lipinski definition) is 8. The van der Waals surface area contributed by atoms with Gasteiger partial charge in [0.15, 0.2) is 11.5 Å². The molecule has 18 heteroatoms. The maximum atomic E-state index is 15.0. The van der Waals surface area contributed by atoms with E-state index in [0.717, 1.165) is 31.9 Å². The van der Waals surface area contributed by atoms with Crippen molar-refractivity contribution in [2.75, 3.05) is 0 Å².